The van der Waals surface area contributed by atoms with E-state index >= 15 is 0 Å². The van der Waals surface area contributed by atoms with Gasteiger partial charge in [-0.05, 0) is 53.9 Å². The van der Waals surface area contributed by atoms with E-state index in [1.165, 1.54) is 65.8 Å². The number of hydrogen-bond donors (Lipinski definition) is 0. The molecular formula is C34H22N2. The minimum atomic E-state index is 1.18. The molecule has 8 rings (SSSR count). The highest BCUT2D eigenvalue weighted by atomic mass is 15.0. The molecular weight excluding hydrogens is 436 g/mol. The molecule has 0 unspecified atom stereocenters. The Morgan fingerprint density at radius 3 is 1.58 bits per heavy atom. The predicted octanol–water partition coefficient (Wildman–Crippen LogP) is 9.03. The molecule has 0 radical (unpaired) electrons. The summed E-state index contributed by atoms with van der Waals surface area (Å²) in [5.41, 5.74) is 7.33. The molecule has 6 aromatic carbocycles. The average molecular weight is 459 g/mol. The maximum atomic E-state index is 2.43. The molecule has 0 aliphatic carbocycles. The van der Waals surface area contributed by atoms with Gasteiger partial charge in [-0.25, -0.2) is 0 Å². The van der Waals surface area contributed by atoms with Crippen molar-refractivity contribution < 1.29 is 0 Å². The summed E-state index contributed by atoms with van der Waals surface area (Å²) in [4.78, 5) is 0. The van der Waals surface area contributed by atoms with Crippen LogP contribution in [-0.2, 0) is 0 Å². The molecule has 0 amide bonds. The van der Waals surface area contributed by atoms with Crippen molar-refractivity contribution in [2.75, 3.05) is 0 Å². The molecule has 0 saturated carbocycles. The van der Waals surface area contributed by atoms with Crippen LogP contribution in [0.25, 0.3) is 65.8 Å². The van der Waals surface area contributed by atoms with Crippen molar-refractivity contribution in [1.82, 2.24) is 9.13 Å². The topological polar surface area (TPSA) is 9.86 Å². The molecule has 0 bridgehead atoms. The quantitative estimate of drug-likeness (QED) is 0.244. The summed E-state index contributed by atoms with van der Waals surface area (Å²) >= 11 is 0. The van der Waals surface area contributed by atoms with Crippen molar-refractivity contribution in [2.45, 2.75) is 0 Å². The summed E-state index contributed by atoms with van der Waals surface area (Å²) in [5.74, 6) is 0. The summed E-state index contributed by atoms with van der Waals surface area (Å²) in [5, 5.41) is 7.64. The van der Waals surface area contributed by atoms with E-state index in [1.54, 1.807) is 0 Å². The Labute approximate surface area is 208 Å². The van der Waals surface area contributed by atoms with Gasteiger partial charge in [-0.2, -0.15) is 0 Å². The van der Waals surface area contributed by atoms with Gasteiger partial charge in [0.1, 0.15) is 0 Å². The van der Waals surface area contributed by atoms with Gasteiger partial charge in [-0.3, -0.25) is 0 Å². The molecule has 0 spiro atoms. The SMILES string of the molecule is c1ccc(-n2c3ccccc3c3cc4c(ccc5c6ccccc6n(-c6ccccc6)c45)cc32)cc1. The largest absolute Gasteiger partial charge is 0.309 e. The maximum absolute atomic E-state index is 2.43. The first kappa shape index (κ1) is 19.5. The maximum Gasteiger partial charge on any atom is 0.0619 e. The van der Waals surface area contributed by atoms with Crippen LogP contribution in [0.15, 0.2) is 133 Å². The monoisotopic (exact) mass is 458 g/mol. The molecule has 8 aromatic rings. The van der Waals surface area contributed by atoms with E-state index in [-0.39, 0.29) is 0 Å². The molecule has 2 aromatic heterocycles. The number of hydrogen-bond acceptors (Lipinski definition) is 0. The number of rotatable bonds is 2. The molecule has 2 nitrogen and oxygen atoms in total. The van der Waals surface area contributed by atoms with Crippen LogP contribution in [-0.4, -0.2) is 9.13 Å². The lowest BCUT2D eigenvalue weighted by molar-refractivity contribution is 1.18. The Hall–Kier alpha value is -4.82. The lowest BCUT2D eigenvalue weighted by atomic mass is 10.0. The normalized spacial score (nSPS) is 11.9. The number of benzene rings is 6. The third kappa shape index (κ3) is 2.61. The van der Waals surface area contributed by atoms with E-state index in [2.05, 4.69) is 143 Å². The van der Waals surface area contributed by atoms with Gasteiger partial charge in [-0.1, -0.05) is 84.9 Å². The third-order valence-electron chi connectivity index (χ3n) is 7.47. The van der Waals surface area contributed by atoms with E-state index < -0.39 is 0 Å². The molecule has 0 N–H and O–H groups in total. The molecule has 0 saturated heterocycles. The second kappa shape index (κ2) is 7.34. The van der Waals surface area contributed by atoms with Crippen LogP contribution >= 0.6 is 0 Å². The van der Waals surface area contributed by atoms with Gasteiger partial charge < -0.3 is 9.13 Å². The number of nitrogens with zero attached hydrogens (tertiary/aromatic N) is 2. The summed E-state index contributed by atoms with van der Waals surface area (Å²) in [6, 6.07) is 48.2. The Kier molecular flexibility index (Phi) is 3.97. The Balaban J connectivity index is 1.59. The van der Waals surface area contributed by atoms with Crippen LogP contribution in [0, 0.1) is 0 Å². The van der Waals surface area contributed by atoms with E-state index in [4.69, 9.17) is 0 Å². The highest BCUT2D eigenvalue weighted by molar-refractivity contribution is 6.22. The van der Waals surface area contributed by atoms with E-state index in [9.17, 15) is 0 Å². The van der Waals surface area contributed by atoms with Gasteiger partial charge in [0.15, 0.2) is 0 Å². The van der Waals surface area contributed by atoms with Gasteiger partial charge in [0.2, 0.25) is 0 Å². The number of fused-ring (bicyclic) bond motifs is 8. The van der Waals surface area contributed by atoms with Gasteiger partial charge in [0.25, 0.3) is 0 Å². The van der Waals surface area contributed by atoms with Gasteiger partial charge in [0, 0.05) is 38.3 Å². The summed E-state index contributed by atoms with van der Waals surface area (Å²) in [6.07, 6.45) is 0. The number of para-hydroxylation sites is 4. The Morgan fingerprint density at radius 1 is 0.333 bits per heavy atom. The molecule has 0 aliphatic heterocycles. The Bertz CT molecular complexity index is 2080. The zero-order valence-electron chi connectivity index (χ0n) is 19.6. The first-order valence-electron chi connectivity index (χ1n) is 12.4. The fourth-order valence-corrected chi connectivity index (χ4v) is 5.95. The van der Waals surface area contributed by atoms with Crippen molar-refractivity contribution >= 4 is 54.4 Å². The molecule has 0 fully saturated rings. The van der Waals surface area contributed by atoms with Crippen LogP contribution in [0.5, 0.6) is 0 Å². The predicted molar refractivity (Wildman–Crippen MR) is 153 cm³/mol. The van der Waals surface area contributed by atoms with Gasteiger partial charge in [-0.15, -0.1) is 0 Å². The second-order valence-electron chi connectivity index (χ2n) is 9.43. The molecule has 2 heteroatoms. The number of aromatic nitrogens is 2. The fourth-order valence-electron chi connectivity index (χ4n) is 5.95. The van der Waals surface area contributed by atoms with Crippen molar-refractivity contribution in [1.29, 1.82) is 0 Å². The summed E-state index contributed by atoms with van der Waals surface area (Å²) < 4.78 is 4.82. The first-order valence-corrected chi connectivity index (χ1v) is 12.4. The van der Waals surface area contributed by atoms with Crippen LogP contribution < -0.4 is 0 Å². The van der Waals surface area contributed by atoms with Crippen molar-refractivity contribution in [3.8, 4) is 11.4 Å². The molecule has 0 atom stereocenters. The highest BCUT2D eigenvalue weighted by Crippen LogP contribution is 2.40. The van der Waals surface area contributed by atoms with Crippen LogP contribution in [0.3, 0.4) is 0 Å². The summed E-state index contributed by atoms with van der Waals surface area (Å²) in [6.45, 7) is 0. The summed E-state index contributed by atoms with van der Waals surface area (Å²) in [7, 11) is 0. The third-order valence-corrected chi connectivity index (χ3v) is 7.47. The average Bonchev–Trinajstić information content (AvgIpc) is 3.46. The lowest BCUT2D eigenvalue weighted by Gasteiger charge is -2.11. The molecule has 36 heavy (non-hydrogen) atoms. The molecule has 168 valence electrons. The van der Waals surface area contributed by atoms with E-state index in [0.717, 1.165) is 0 Å². The smallest absolute Gasteiger partial charge is 0.0619 e. The molecule has 0 aliphatic rings. The van der Waals surface area contributed by atoms with Crippen molar-refractivity contribution in [3.63, 3.8) is 0 Å². The lowest BCUT2D eigenvalue weighted by Crippen LogP contribution is -1.95. The minimum Gasteiger partial charge on any atom is -0.309 e. The second-order valence-corrected chi connectivity index (χ2v) is 9.43. The fraction of sp³-hybridized carbons (Fsp3) is 0. The van der Waals surface area contributed by atoms with Crippen LogP contribution in [0.1, 0.15) is 0 Å². The van der Waals surface area contributed by atoms with Crippen LogP contribution in [0.2, 0.25) is 0 Å². The molecule has 2 heterocycles. The zero-order valence-corrected chi connectivity index (χ0v) is 19.6. The van der Waals surface area contributed by atoms with Gasteiger partial charge >= 0.3 is 0 Å². The van der Waals surface area contributed by atoms with E-state index in [1.807, 2.05) is 0 Å². The highest BCUT2D eigenvalue weighted by Gasteiger charge is 2.18. The first-order chi connectivity index (χ1) is 17.9. The minimum absolute atomic E-state index is 1.18. The van der Waals surface area contributed by atoms with Crippen molar-refractivity contribution in [3.05, 3.63) is 133 Å². The Morgan fingerprint density at radius 2 is 0.889 bits per heavy atom. The van der Waals surface area contributed by atoms with Crippen LogP contribution in [0.4, 0.5) is 0 Å². The van der Waals surface area contributed by atoms with E-state index in [0.29, 0.717) is 0 Å². The standard InChI is InChI=1S/C34H22N2/c1-3-11-24(12-4-1)35-31-17-9-8-16-27(31)30-22-29-23(21-33(30)35)19-20-28-26-15-7-10-18-32(26)36(34(28)29)25-13-5-2-6-14-25/h1-22H. The van der Waals surface area contributed by atoms with Gasteiger partial charge in [0.05, 0.1) is 22.1 Å². The van der Waals surface area contributed by atoms with Crippen molar-refractivity contribution in [2.24, 2.45) is 0 Å². The zero-order chi connectivity index (χ0) is 23.6.